The van der Waals surface area contributed by atoms with E-state index in [1.165, 1.54) is 18.9 Å². The molecule has 2 rings (SSSR count). The zero-order valence-electron chi connectivity index (χ0n) is 17.2. The minimum absolute atomic E-state index is 0.295. The van der Waals surface area contributed by atoms with Crippen molar-refractivity contribution in [2.75, 3.05) is 19.6 Å². The molecule has 1 aromatic carbocycles. The third-order valence-corrected chi connectivity index (χ3v) is 11.6. The van der Waals surface area contributed by atoms with Gasteiger partial charge in [-0.1, -0.05) is 53.4 Å². The molecule has 4 heteroatoms. The molecule has 0 bridgehead atoms. The molecule has 0 saturated carbocycles. The first-order chi connectivity index (χ1) is 12.3. The van der Waals surface area contributed by atoms with Gasteiger partial charge in [-0.3, -0.25) is 4.90 Å². The van der Waals surface area contributed by atoms with Crippen LogP contribution in [0.1, 0.15) is 59.9 Å². The molecule has 0 atom stereocenters. The summed E-state index contributed by atoms with van der Waals surface area (Å²) in [6.45, 7) is 16.3. The Hall–Kier alpha value is -1.31. The summed E-state index contributed by atoms with van der Waals surface area (Å²) in [4.78, 5) is 2.34. The Bertz CT molecular complexity index is 632. The number of benzene rings is 1. The second-order valence-corrected chi connectivity index (χ2v) is 13.7. The number of hydrogen-bond donors (Lipinski definition) is 0. The molecule has 1 aliphatic rings. The van der Waals surface area contributed by atoms with E-state index in [1.807, 2.05) is 6.07 Å². The first-order valence-corrected chi connectivity index (χ1v) is 12.1. The van der Waals surface area contributed by atoms with Gasteiger partial charge in [-0.2, -0.15) is 0 Å². The van der Waals surface area contributed by atoms with Gasteiger partial charge in [0.25, 0.3) is 8.32 Å². The van der Waals surface area contributed by atoms with Crippen LogP contribution in [0, 0.1) is 17.7 Å². The fourth-order valence-electron chi connectivity index (χ4n) is 4.40. The van der Waals surface area contributed by atoms with Crippen LogP contribution in [0.4, 0.5) is 4.39 Å². The lowest BCUT2D eigenvalue weighted by Gasteiger charge is -2.42. The van der Waals surface area contributed by atoms with Crippen LogP contribution in [0.25, 0.3) is 0 Å². The van der Waals surface area contributed by atoms with Crippen LogP contribution in [0.3, 0.4) is 0 Å². The van der Waals surface area contributed by atoms with E-state index in [1.54, 1.807) is 6.07 Å². The molecule has 0 aliphatic carbocycles. The zero-order valence-corrected chi connectivity index (χ0v) is 18.2. The molecular weight excluding hydrogens is 341 g/mol. The van der Waals surface area contributed by atoms with E-state index in [9.17, 15) is 4.39 Å². The number of likely N-dealkylation sites (tertiary alicyclic amines) is 1. The molecular formula is C22H34FNOSi. The molecule has 26 heavy (non-hydrogen) atoms. The normalized spacial score (nSPS) is 15.6. The second-order valence-electron chi connectivity index (χ2n) is 8.35. The summed E-state index contributed by atoms with van der Waals surface area (Å²) in [5, 5.41) is 0. The molecule has 2 nitrogen and oxygen atoms in total. The van der Waals surface area contributed by atoms with Crippen molar-refractivity contribution >= 4 is 8.32 Å². The molecule has 1 fully saturated rings. The summed E-state index contributed by atoms with van der Waals surface area (Å²) in [6, 6.07) is 5.17. The van der Waals surface area contributed by atoms with E-state index >= 15 is 0 Å². The molecule has 0 amide bonds. The monoisotopic (exact) mass is 375 g/mol. The molecule has 1 saturated heterocycles. The summed E-state index contributed by atoms with van der Waals surface area (Å²) in [6.07, 6.45) is 2.52. The number of nitrogens with zero attached hydrogens (tertiary/aromatic N) is 1. The molecule has 1 heterocycles. The van der Waals surface area contributed by atoms with Gasteiger partial charge in [0.1, 0.15) is 5.75 Å². The van der Waals surface area contributed by atoms with Crippen LogP contribution in [0.5, 0.6) is 5.75 Å². The van der Waals surface area contributed by atoms with Crippen LogP contribution in [0.2, 0.25) is 16.6 Å². The lowest BCUT2D eigenvalue weighted by Crippen LogP contribution is -2.50. The zero-order chi connectivity index (χ0) is 19.3. The Morgan fingerprint density at radius 2 is 1.62 bits per heavy atom. The van der Waals surface area contributed by atoms with Crippen molar-refractivity contribution in [3.05, 3.63) is 29.6 Å². The fraction of sp³-hybridized carbons (Fsp3) is 0.636. The largest absolute Gasteiger partial charge is 0.541 e. The van der Waals surface area contributed by atoms with E-state index in [2.05, 4.69) is 58.3 Å². The summed E-state index contributed by atoms with van der Waals surface area (Å²) in [5.74, 6) is 6.36. The fourth-order valence-corrected chi connectivity index (χ4v) is 9.65. The summed E-state index contributed by atoms with van der Waals surface area (Å²) >= 11 is 0. The first-order valence-electron chi connectivity index (χ1n) is 9.97. The Morgan fingerprint density at radius 1 is 1.04 bits per heavy atom. The van der Waals surface area contributed by atoms with Gasteiger partial charge >= 0.3 is 0 Å². The summed E-state index contributed by atoms with van der Waals surface area (Å²) in [5.41, 5.74) is 1.98. The van der Waals surface area contributed by atoms with Gasteiger partial charge in [-0.05, 0) is 60.8 Å². The van der Waals surface area contributed by atoms with Crippen LogP contribution in [-0.2, 0) is 0 Å². The molecule has 0 unspecified atom stereocenters. The van der Waals surface area contributed by atoms with Gasteiger partial charge in [0.15, 0.2) is 5.82 Å². The highest BCUT2D eigenvalue weighted by atomic mass is 28.4. The van der Waals surface area contributed by atoms with Gasteiger partial charge in [0.05, 0.1) is 6.54 Å². The molecule has 1 aliphatic heterocycles. The molecule has 0 radical (unpaired) electrons. The highest BCUT2D eigenvalue weighted by Gasteiger charge is 2.47. The van der Waals surface area contributed by atoms with E-state index in [0.29, 0.717) is 22.4 Å². The molecule has 1 aromatic rings. The number of halogens is 1. The minimum atomic E-state index is -2.14. The number of hydrogen-bond acceptors (Lipinski definition) is 2. The van der Waals surface area contributed by atoms with Crippen LogP contribution in [0.15, 0.2) is 18.2 Å². The van der Waals surface area contributed by atoms with Crippen molar-refractivity contribution in [3.63, 3.8) is 0 Å². The Kier molecular flexibility index (Phi) is 7.31. The lowest BCUT2D eigenvalue weighted by atomic mass is 10.2. The average molecular weight is 376 g/mol. The molecule has 0 N–H and O–H groups in total. The third kappa shape index (κ3) is 4.69. The van der Waals surface area contributed by atoms with Crippen molar-refractivity contribution < 1.29 is 8.82 Å². The Morgan fingerprint density at radius 3 is 2.12 bits per heavy atom. The van der Waals surface area contributed by atoms with Crippen LogP contribution in [-0.4, -0.2) is 32.9 Å². The van der Waals surface area contributed by atoms with E-state index < -0.39 is 8.32 Å². The van der Waals surface area contributed by atoms with Gasteiger partial charge in [-0.15, -0.1) is 0 Å². The maximum absolute atomic E-state index is 14.7. The SMILES string of the molecule is CC(C)[Si](Oc1ccc(C#CCN2CCCC2)cc1F)(C(C)C)C(C)C. The summed E-state index contributed by atoms with van der Waals surface area (Å²) < 4.78 is 21.2. The lowest BCUT2D eigenvalue weighted by molar-refractivity contribution is 0.383. The maximum atomic E-state index is 14.7. The average Bonchev–Trinajstić information content (AvgIpc) is 3.06. The Labute approximate surface area is 160 Å². The van der Waals surface area contributed by atoms with E-state index in [4.69, 9.17) is 4.43 Å². The predicted octanol–water partition coefficient (Wildman–Crippen LogP) is 5.83. The van der Waals surface area contributed by atoms with Crippen LogP contribution < -0.4 is 4.43 Å². The summed E-state index contributed by atoms with van der Waals surface area (Å²) in [7, 11) is -2.14. The van der Waals surface area contributed by atoms with Gasteiger partial charge in [-0.25, -0.2) is 4.39 Å². The maximum Gasteiger partial charge on any atom is 0.258 e. The van der Waals surface area contributed by atoms with Crippen molar-refractivity contribution in [3.8, 4) is 17.6 Å². The van der Waals surface area contributed by atoms with E-state index in [-0.39, 0.29) is 5.82 Å². The van der Waals surface area contributed by atoms with Gasteiger partial charge < -0.3 is 4.43 Å². The van der Waals surface area contributed by atoms with Gasteiger partial charge in [0.2, 0.25) is 0 Å². The molecule has 144 valence electrons. The first kappa shape index (κ1) is 21.0. The highest BCUT2D eigenvalue weighted by molar-refractivity contribution is 6.78. The standard InChI is InChI=1S/C22H34FNOSi/c1-17(2)26(18(3)4,19(5)6)25-22-12-11-20(16-21(22)23)10-9-15-24-13-7-8-14-24/h11-12,16-19H,7-8,13-15H2,1-6H3. The van der Waals surface area contributed by atoms with Gasteiger partial charge in [0, 0.05) is 5.56 Å². The van der Waals surface area contributed by atoms with E-state index in [0.717, 1.165) is 25.2 Å². The number of rotatable bonds is 6. The highest BCUT2D eigenvalue weighted by Crippen LogP contribution is 2.43. The second kappa shape index (κ2) is 9.06. The van der Waals surface area contributed by atoms with Crippen LogP contribution >= 0.6 is 0 Å². The topological polar surface area (TPSA) is 12.5 Å². The van der Waals surface area contributed by atoms with Crippen molar-refractivity contribution in [2.45, 2.75) is 71.0 Å². The predicted molar refractivity (Wildman–Crippen MR) is 111 cm³/mol. The van der Waals surface area contributed by atoms with Crippen molar-refractivity contribution in [1.29, 1.82) is 0 Å². The molecule has 0 aromatic heterocycles. The quantitative estimate of drug-likeness (QED) is 0.458. The smallest absolute Gasteiger partial charge is 0.258 e. The minimum Gasteiger partial charge on any atom is -0.541 e. The van der Waals surface area contributed by atoms with Crippen molar-refractivity contribution in [1.82, 2.24) is 4.90 Å². The Balaban J connectivity index is 2.16. The third-order valence-electron chi connectivity index (χ3n) is 5.66. The molecule has 0 spiro atoms. The van der Waals surface area contributed by atoms with Crippen molar-refractivity contribution in [2.24, 2.45) is 0 Å².